The van der Waals surface area contributed by atoms with E-state index in [1.807, 2.05) is 0 Å². The molecule has 2 bridgehead atoms. The number of aliphatic hydroxyl groups excluding tert-OH is 2. The number of benzene rings is 2. The van der Waals surface area contributed by atoms with Gasteiger partial charge in [0.25, 0.3) is 0 Å². The second kappa shape index (κ2) is 15.5. The smallest absolute Gasteiger partial charge is 0.408 e. The second-order valence-electron chi connectivity index (χ2n) is 17.7. The number of nitroso groups, excluding NO2 is 1. The number of hydrogen-bond acceptors (Lipinski definition) is 15. The molecule has 59 heavy (non-hydrogen) atoms. The highest BCUT2D eigenvalue weighted by Crippen LogP contribution is 2.64. The van der Waals surface area contributed by atoms with E-state index in [0.717, 1.165) is 6.92 Å². The Kier molecular flexibility index (Phi) is 11.5. The van der Waals surface area contributed by atoms with Crippen molar-refractivity contribution in [1.82, 2.24) is 5.32 Å². The van der Waals surface area contributed by atoms with Crippen LogP contribution in [0.1, 0.15) is 90.2 Å². The van der Waals surface area contributed by atoms with Crippen LogP contribution in [0.5, 0.6) is 0 Å². The van der Waals surface area contributed by atoms with Crippen LogP contribution in [0.3, 0.4) is 0 Å². The Morgan fingerprint density at radius 2 is 1.59 bits per heavy atom. The van der Waals surface area contributed by atoms with Crippen molar-refractivity contribution in [2.75, 3.05) is 6.61 Å². The van der Waals surface area contributed by atoms with Crippen LogP contribution in [0.4, 0.5) is 4.79 Å². The number of nitrogens with zero attached hydrogens (tertiary/aromatic N) is 1. The minimum atomic E-state index is -2.39. The minimum absolute atomic E-state index is 0.0612. The zero-order valence-corrected chi connectivity index (χ0v) is 34.3. The number of carbonyl (C=O) groups is 5. The number of esters is 3. The second-order valence-corrected chi connectivity index (χ2v) is 17.7. The molecule has 2 aromatic carbocycles. The first-order valence-electron chi connectivity index (χ1n) is 19.5. The van der Waals surface area contributed by atoms with Crippen molar-refractivity contribution in [3.05, 3.63) is 87.8 Å². The first-order chi connectivity index (χ1) is 27.5. The van der Waals surface area contributed by atoms with E-state index >= 15 is 4.79 Å². The van der Waals surface area contributed by atoms with E-state index in [1.165, 1.54) is 39.8 Å². The van der Waals surface area contributed by atoms with Gasteiger partial charge in [0.2, 0.25) is 0 Å². The fraction of sp³-hybridized carbons (Fsp3) is 0.558. The summed E-state index contributed by atoms with van der Waals surface area (Å²) in [5, 5.41) is 43.2. The topological polar surface area (TPSA) is 234 Å². The molecule has 1 amide bonds. The first-order valence-corrected chi connectivity index (χ1v) is 19.5. The lowest BCUT2D eigenvalue weighted by Crippen LogP contribution is -2.81. The number of ether oxygens (including phenoxy) is 5. The number of ketones is 1. The molecule has 1 saturated heterocycles. The van der Waals surface area contributed by atoms with Gasteiger partial charge in [-0.2, -0.15) is 4.91 Å². The normalized spacial score (nSPS) is 33.2. The summed E-state index contributed by atoms with van der Waals surface area (Å²) in [7, 11) is 0. The summed E-state index contributed by atoms with van der Waals surface area (Å²) in [6.07, 6.45) is -10.1. The van der Waals surface area contributed by atoms with Gasteiger partial charge in [0.15, 0.2) is 17.5 Å². The molecule has 11 atom stereocenters. The molecule has 2 aromatic rings. The average molecular weight is 821 g/mol. The minimum Gasteiger partial charge on any atom is -0.456 e. The van der Waals surface area contributed by atoms with E-state index in [1.54, 1.807) is 69.3 Å². The van der Waals surface area contributed by atoms with Crippen LogP contribution < -0.4 is 5.32 Å². The van der Waals surface area contributed by atoms with E-state index in [0.29, 0.717) is 5.56 Å². The average Bonchev–Trinajstić information content (AvgIpc) is 3.16. The van der Waals surface area contributed by atoms with Crippen molar-refractivity contribution in [1.29, 1.82) is 0 Å². The summed E-state index contributed by atoms with van der Waals surface area (Å²) in [6.45, 7) is 11.7. The predicted octanol–water partition coefficient (Wildman–Crippen LogP) is 4.03. The number of nitrogens with one attached hydrogen (secondary N) is 1. The van der Waals surface area contributed by atoms with Gasteiger partial charge in [0.05, 0.1) is 29.5 Å². The van der Waals surface area contributed by atoms with Crippen molar-refractivity contribution in [2.24, 2.45) is 21.9 Å². The van der Waals surface area contributed by atoms with Gasteiger partial charge in [-0.15, -0.1) is 0 Å². The number of alkyl carbamates (subject to hydrolysis) is 1. The third kappa shape index (κ3) is 7.34. The van der Waals surface area contributed by atoms with Gasteiger partial charge >= 0.3 is 24.0 Å². The molecule has 1 aliphatic heterocycles. The maximum absolute atomic E-state index is 15.1. The van der Waals surface area contributed by atoms with Gasteiger partial charge in [0.1, 0.15) is 41.7 Å². The van der Waals surface area contributed by atoms with E-state index < -0.39 is 112 Å². The van der Waals surface area contributed by atoms with Crippen LogP contribution >= 0.6 is 0 Å². The highest BCUT2D eigenvalue weighted by atomic mass is 16.6. The molecule has 16 heteroatoms. The maximum Gasteiger partial charge on any atom is 0.408 e. The number of carbonyl (C=O) groups excluding carboxylic acids is 5. The van der Waals surface area contributed by atoms with Gasteiger partial charge in [-0.25, -0.2) is 14.4 Å². The quantitative estimate of drug-likeness (QED) is 0.121. The summed E-state index contributed by atoms with van der Waals surface area (Å²) < 4.78 is 29.6. The Morgan fingerprint density at radius 1 is 0.983 bits per heavy atom. The van der Waals surface area contributed by atoms with E-state index in [-0.39, 0.29) is 29.7 Å². The molecular weight excluding hydrogens is 768 g/mol. The van der Waals surface area contributed by atoms with E-state index in [4.69, 9.17) is 23.7 Å². The number of rotatable bonds is 9. The molecular formula is C43H52N2O14. The van der Waals surface area contributed by atoms with E-state index in [2.05, 4.69) is 10.5 Å². The molecule has 3 aliphatic carbocycles. The summed E-state index contributed by atoms with van der Waals surface area (Å²) in [5.74, 6) is -5.49. The zero-order chi connectivity index (χ0) is 43.5. The van der Waals surface area contributed by atoms with Crippen molar-refractivity contribution >= 4 is 29.8 Å². The van der Waals surface area contributed by atoms with Crippen LogP contribution in [-0.2, 0) is 38.1 Å². The highest BCUT2D eigenvalue weighted by molar-refractivity contribution is 5.94. The lowest BCUT2D eigenvalue weighted by Gasteiger charge is -2.67. The number of amides is 1. The Hall–Kier alpha value is -5.03. The van der Waals surface area contributed by atoms with Crippen molar-refractivity contribution in [3.63, 3.8) is 0 Å². The Bertz CT molecular complexity index is 2030. The first kappa shape index (κ1) is 43.5. The summed E-state index contributed by atoms with van der Waals surface area (Å²) in [5.41, 5.74) is -8.35. The van der Waals surface area contributed by atoms with Crippen LogP contribution in [-0.4, -0.2) is 105 Å². The van der Waals surface area contributed by atoms with Crippen molar-refractivity contribution in [3.8, 4) is 0 Å². The molecule has 4 N–H and O–H groups in total. The Labute approximate surface area is 341 Å². The van der Waals surface area contributed by atoms with Crippen LogP contribution in [0.2, 0.25) is 0 Å². The monoisotopic (exact) mass is 820 g/mol. The van der Waals surface area contributed by atoms with Crippen molar-refractivity contribution < 1.29 is 63.0 Å². The number of hydrogen-bond donors (Lipinski definition) is 4. The Balaban J connectivity index is 1.50. The van der Waals surface area contributed by atoms with Gasteiger partial charge in [-0.05, 0) is 63.5 Å². The molecule has 318 valence electrons. The van der Waals surface area contributed by atoms with Crippen LogP contribution in [0.15, 0.2) is 77.0 Å². The molecule has 6 rings (SSSR count). The highest BCUT2D eigenvalue weighted by Gasteiger charge is 2.78. The molecule has 16 nitrogen and oxygen atoms in total. The Morgan fingerprint density at radius 3 is 2.14 bits per heavy atom. The molecule has 3 fully saturated rings. The van der Waals surface area contributed by atoms with Gasteiger partial charge in [-0.1, -0.05) is 67.6 Å². The lowest BCUT2D eigenvalue weighted by atomic mass is 9.44. The molecule has 4 aliphatic rings. The van der Waals surface area contributed by atoms with Crippen LogP contribution in [0.25, 0.3) is 0 Å². The fourth-order valence-electron chi connectivity index (χ4n) is 9.71. The van der Waals surface area contributed by atoms with Gasteiger partial charge < -0.3 is 44.3 Å². The molecule has 0 aromatic heterocycles. The predicted molar refractivity (Wildman–Crippen MR) is 207 cm³/mol. The molecule has 2 saturated carbocycles. The number of aliphatic hydroxyl groups is 3. The maximum atomic E-state index is 15.1. The molecule has 0 radical (unpaired) electrons. The third-order valence-electron chi connectivity index (χ3n) is 12.7. The van der Waals surface area contributed by atoms with Crippen molar-refractivity contribution in [2.45, 2.75) is 128 Å². The van der Waals surface area contributed by atoms with Gasteiger partial charge in [-0.3, -0.25) is 9.59 Å². The van der Waals surface area contributed by atoms with Gasteiger partial charge in [0, 0.05) is 25.2 Å². The largest absolute Gasteiger partial charge is 0.456 e. The molecule has 0 spiro atoms. The summed E-state index contributed by atoms with van der Waals surface area (Å²) >= 11 is 0. The standard InChI is InChI=1S/C43H52N2O14/c1-22-26(56-37(51)32(48)30(24-15-11-9-12-16-24)44-38(52)59-39(3,4)5)20-43(53)35(57-36(50)25-17-13-10-14-18-25)33-41(8,34(49)31(47)29(22)40(43,6)7)27(45-54)19-28-42(33,21-55-28)58-23(2)46/h9-18,26-28,30-33,35,47-48,53H,19-21H2,1-8H3,(H,44,52)/t26-,27-,28+,30-,31+,32+,33?,35-,41+,42-,43+/m0/s1. The third-order valence-corrected chi connectivity index (χ3v) is 12.7. The SMILES string of the molecule is CC(=O)O[C@@]12CO[C@@H]1C[C@H](N=O)[C@@]1(C)C(=O)[C@H](O)C3=C(C)[C@@H](OC(=O)[C@H](O)[C@@H](NC(=O)OC(C)(C)C)c4ccccc4)C[C@@](O)([C@@H](OC(=O)c4ccccc4)C12)C3(C)C. The van der Waals surface area contributed by atoms with E-state index in [9.17, 15) is 39.4 Å². The number of Topliss-reactive ketones (excluding diaryl/α,β-unsaturated/α-hetero) is 1. The van der Waals surface area contributed by atoms with Crippen LogP contribution in [0, 0.1) is 21.7 Å². The fourth-order valence-corrected chi connectivity index (χ4v) is 9.71. The number of fused-ring (bicyclic) bond motifs is 5. The summed E-state index contributed by atoms with van der Waals surface area (Å²) in [6, 6.07) is 13.1. The molecule has 1 unspecified atom stereocenters. The molecule has 1 heterocycles. The lowest BCUT2D eigenvalue weighted by molar-refractivity contribution is -0.334. The zero-order valence-electron chi connectivity index (χ0n) is 34.3. The summed E-state index contributed by atoms with van der Waals surface area (Å²) in [4.78, 5) is 81.9.